The summed E-state index contributed by atoms with van der Waals surface area (Å²) in [5.41, 5.74) is 0.999. The van der Waals surface area contributed by atoms with Gasteiger partial charge in [0.1, 0.15) is 23.2 Å². The van der Waals surface area contributed by atoms with Crippen molar-refractivity contribution in [1.29, 1.82) is 0 Å². The van der Waals surface area contributed by atoms with Crippen LogP contribution in [0.4, 0.5) is 0 Å². The van der Waals surface area contributed by atoms with E-state index >= 15 is 0 Å². The summed E-state index contributed by atoms with van der Waals surface area (Å²) in [4.78, 5) is 9.28. The molecule has 1 unspecified atom stereocenters. The van der Waals surface area contributed by atoms with Gasteiger partial charge in [-0.05, 0) is 51.0 Å². The summed E-state index contributed by atoms with van der Waals surface area (Å²) in [5.74, 6) is 5.14. The zero-order chi connectivity index (χ0) is 18.3. The number of ether oxygens (including phenoxy) is 1. The van der Waals surface area contributed by atoms with Gasteiger partial charge < -0.3 is 4.74 Å². The Morgan fingerprint density at radius 2 is 1.85 bits per heavy atom. The van der Waals surface area contributed by atoms with Gasteiger partial charge in [-0.2, -0.15) is 10.2 Å². The third kappa shape index (κ3) is 3.21. The molecule has 1 atom stereocenters. The van der Waals surface area contributed by atoms with E-state index in [-0.39, 0.29) is 5.92 Å². The molecule has 0 saturated heterocycles. The molecule has 0 bridgehead atoms. The minimum absolute atomic E-state index is 0.164. The summed E-state index contributed by atoms with van der Waals surface area (Å²) in [6.07, 6.45) is 2.36. The second-order valence-corrected chi connectivity index (χ2v) is 7.00. The fourth-order valence-electron chi connectivity index (χ4n) is 3.16. The zero-order valence-electron chi connectivity index (χ0n) is 15.7. The molecule has 136 valence electrons. The van der Waals surface area contributed by atoms with Gasteiger partial charge in [0.05, 0.1) is 19.3 Å². The molecule has 0 amide bonds. The molecule has 4 rings (SSSR count). The number of aryl methyl sites for hydroxylation is 2. The molecule has 1 fully saturated rings. The Labute approximate surface area is 153 Å². The largest absolute Gasteiger partial charge is 0.497 e. The van der Waals surface area contributed by atoms with Crippen LogP contribution >= 0.6 is 0 Å². The number of hydrogen-bond donors (Lipinski definition) is 0. The van der Waals surface area contributed by atoms with E-state index < -0.39 is 0 Å². The van der Waals surface area contributed by atoms with Crippen molar-refractivity contribution in [2.75, 3.05) is 7.11 Å². The van der Waals surface area contributed by atoms with Crippen molar-refractivity contribution in [2.45, 2.75) is 52.0 Å². The van der Waals surface area contributed by atoms with E-state index in [0.717, 1.165) is 41.3 Å². The highest BCUT2D eigenvalue weighted by molar-refractivity contribution is 5.38. The predicted octanol–water partition coefficient (Wildman–Crippen LogP) is 3.17. The molecule has 7 heteroatoms. The minimum Gasteiger partial charge on any atom is -0.497 e. The van der Waals surface area contributed by atoms with Gasteiger partial charge in [0.2, 0.25) is 0 Å². The van der Waals surface area contributed by atoms with E-state index in [1.165, 1.54) is 12.8 Å². The van der Waals surface area contributed by atoms with Gasteiger partial charge in [0.15, 0.2) is 5.82 Å². The number of benzene rings is 1. The predicted molar refractivity (Wildman–Crippen MR) is 97.8 cm³/mol. The van der Waals surface area contributed by atoms with Crippen LogP contribution in [0.5, 0.6) is 5.75 Å². The quantitative estimate of drug-likeness (QED) is 0.681. The first-order valence-electron chi connectivity index (χ1n) is 9.04. The van der Waals surface area contributed by atoms with Crippen LogP contribution < -0.4 is 4.74 Å². The maximum absolute atomic E-state index is 5.27. The third-order valence-electron chi connectivity index (χ3n) is 4.76. The standard InChI is InChI=1S/C19H24N6O/c1-12(11-24-14(3)20-13(2)22-24)19-21-18(15-5-6-15)23-25(19)16-7-9-17(26-4)10-8-16/h7-10,12,15H,5-6,11H2,1-4H3. The Morgan fingerprint density at radius 3 is 2.42 bits per heavy atom. The topological polar surface area (TPSA) is 70.7 Å². The number of nitrogens with zero attached hydrogens (tertiary/aromatic N) is 6. The van der Waals surface area contributed by atoms with Crippen molar-refractivity contribution < 1.29 is 4.74 Å². The molecule has 2 aromatic heterocycles. The molecule has 0 spiro atoms. The highest BCUT2D eigenvalue weighted by atomic mass is 16.5. The van der Waals surface area contributed by atoms with E-state index in [0.29, 0.717) is 5.92 Å². The molecule has 7 nitrogen and oxygen atoms in total. The molecule has 2 heterocycles. The molecule has 0 aliphatic heterocycles. The lowest BCUT2D eigenvalue weighted by atomic mass is 10.1. The van der Waals surface area contributed by atoms with Crippen LogP contribution in [0.2, 0.25) is 0 Å². The van der Waals surface area contributed by atoms with Gasteiger partial charge in [-0.3, -0.25) is 0 Å². The van der Waals surface area contributed by atoms with Gasteiger partial charge in [-0.25, -0.2) is 19.3 Å². The maximum Gasteiger partial charge on any atom is 0.154 e. The fourth-order valence-corrected chi connectivity index (χ4v) is 3.16. The first kappa shape index (κ1) is 16.8. The Kier molecular flexibility index (Phi) is 4.22. The van der Waals surface area contributed by atoms with Crippen LogP contribution in [0, 0.1) is 13.8 Å². The summed E-state index contributed by atoms with van der Waals surface area (Å²) >= 11 is 0. The van der Waals surface area contributed by atoms with Crippen molar-refractivity contribution in [2.24, 2.45) is 0 Å². The summed E-state index contributed by atoms with van der Waals surface area (Å²) in [6.45, 7) is 6.79. The van der Waals surface area contributed by atoms with Crippen LogP contribution in [0.25, 0.3) is 5.69 Å². The Hall–Kier alpha value is -2.70. The SMILES string of the molecule is COc1ccc(-n2nc(C3CC3)nc2C(C)Cn2nc(C)nc2C)cc1. The van der Waals surface area contributed by atoms with Crippen molar-refractivity contribution in [3.8, 4) is 11.4 Å². The maximum atomic E-state index is 5.27. The summed E-state index contributed by atoms with van der Waals surface area (Å²) < 4.78 is 9.18. The first-order valence-corrected chi connectivity index (χ1v) is 9.04. The smallest absolute Gasteiger partial charge is 0.154 e. The normalized spacial score (nSPS) is 15.2. The van der Waals surface area contributed by atoms with Crippen LogP contribution in [-0.4, -0.2) is 36.6 Å². The van der Waals surface area contributed by atoms with E-state index in [2.05, 4.69) is 17.0 Å². The van der Waals surface area contributed by atoms with Crippen molar-refractivity contribution in [3.05, 3.63) is 47.6 Å². The fraction of sp³-hybridized carbons (Fsp3) is 0.474. The Morgan fingerprint density at radius 1 is 1.12 bits per heavy atom. The van der Waals surface area contributed by atoms with Crippen molar-refractivity contribution >= 4 is 0 Å². The molecule has 26 heavy (non-hydrogen) atoms. The highest BCUT2D eigenvalue weighted by Gasteiger charge is 2.30. The summed E-state index contributed by atoms with van der Waals surface area (Å²) in [6, 6.07) is 7.94. The lowest BCUT2D eigenvalue weighted by Crippen LogP contribution is -2.14. The van der Waals surface area contributed by atoms with E-state index in [1.807, 2.05) is 47.5 Å². The van der Waals surface area contributed by atoms with E-state index in [9.17, 15) is 0 Å². The molecular formula is C19H24N6O. The Bertz CT molecular complexity index is 907. The van der Waals surface area contributed by atoms with Crippen LogP contribution in [-0.2, 0) is 6.54 Å². The summed E-state index contributed by atoms with van der Waals surface area (Å²) in [5, 5.41) is 9.29. The van der Waals surface area contributed by atoms with Crippen LogP contribution in [0.1, 0.15) is 54.9 Å². The van der Waals surface area contributed by atoms with E-state index in [4.69, 9.17) is 14.8 Å². The van der Waals surface area contributed by atoms with Crippen molar-refractivity contribution in [1.82, 2.24) is 29.5 Å². The molecule has 1 aromatic carbocycles. The van der Waals surface area contributed by atoms with Crippen LogP contribution in [0.15, 0.2) is 24.3 Å². The monoisotopic (exact) mass is 352 g/mol. The third-order valence-corrected chi connectivity index (χ3v) is 4.76. The molecule has 3 aromatic rings. The average molecular weight is 352 g/mol. The molecule has 1 aliphatic rings. The number of hydrogen-bond acceptors (Lipinski definition) is 5. The number of methoxy groups -OCH3 is 1. The van der Waals surface area contributed by atoms with Gasteiger partial charge in [0.25, 0.3) is 0 Å². The second kappa shape index (κ2) is 6.55. The van der Waals surface area contributed by atoms with Crippen LogP contribution in [0.3, 0.4) is 0 Å². The number of rotatable bonds is 6. The second-order valence-electron chi connectivity index (χ2n) is 7.00. The molecule has 0 N–H and O–H groups in total. The molecule has 1 aliphatic carbocycles. The van der Waals surface area contributed by atoms with Gasteiger partial charge in [-0.1, -0.05) is 6.92 Å². The van der Waals surface area contributed by atoms with Gasteiger partial charge in [-0.15, -0.1) is 0 Å². The summed E-state index contributed by atoms with van der Waals surface area (Å²) in [7, 11) is 1.67. The molecule has 0 radical (unpaired) electrons. The lowest BCUT2D eigenvalue weighted by Gasteiger charge is -2.13. The first-order chi connectivity index (χ1) is 12.5. The van der Waals surface area contributed by atoms with E-state index in [1.54, 1.807) is 7.11 Å². The zero-order valence-corrected chi connectivity index (χ0v) is 15.7. The molecular weight excluding hydrogens is 328 g/mol. The number of aromatic nitrogens is 6. The molecule has 1 saturated carbocycles. The Balaban J connectivity index is 1.68. The highest BCUT2D eigenvalue weighted by Crippen LogP contribution is 2.39. The van der Waals surface area contributed by atoms with Gasteiger partial charge in [0, 0.05) is 11.8 Å². The lowest BCUT2D eigenvalue weighted by molar-refractivity contribution is 0.414. The average Bonchev–Trinajstić information content (AvgIpc) is 3.31. The van der Waals surface area contributed by atoms with Gasteiger partial charge >= 0.3 is 0 Å². The van der Waals surface area contributed by atoms with Crippen molar-refractivity contribution in [3.63, 3.8) is 0 Å². The minimum atomic E-state index is 0.164.